The second-order valence-electron chi connectivity index (χ2n) is 8.16. The van der Waals surface area contributed by atoms with Crippen LogP contribution in [0.5, 0.6) is 5.75 Å². The maximum atomic E-state index is 6.22. The SMILES string of the molecule is [B]C(C)(P)OCCC(C)(C)OCCN1/C(=C/C(C)(N)C=C)Oc2ccccc21. The lowest BCUT2D eigenvalue weighted by atomic mass is 10.0. The summed E-state index contributed by atoms with van der Waals surface area (Å²) >= 11 is 0. The van der Waals surface area contributed by atoms with Crippen molar-refractivity contribution in [2.75, 3.05) is 24.7 Å². The van der Waals surface area contributed by atoms with Gasteiger partial charge in [-0.1, -0.05) is 18.2 Å². The van der Waals surface area contributed by atoms with E-state index < -0.39 is 10.8 Å². The summed E-state index contributed by atoms with van der Waals surface area (Å²) in [5, 5.41) is -0.716. The van der Waals surface area contributed by atoms with Gasteiger partial charge in [0.25, 0.3) is 0 Å². The lowest BCUT2D eigenvalue weighted by molar-refractivity contribution is -0.0421. The highest BCUT2D eigenvalue weighted by molar-refractivity contribution is 7.21. The predicted molar refractivity (Wildman–Crippen MR) is 120 cm³/mol. The third-order valence-electron chi connectivity index (χ3n) is 4.44. The maximum absolute atomic E-state index is 6.22. The summed E-state index contributed by atoms with van der Waals surface area (Å²) in [4.78, 5) is 2.08. The molecule has 1 heterocycles. The molecule has 3 atom stereocenters. The van der Waals surface area contributed by atoms with Gasteiger partial charge in [-0.2, -0.15) is 0 Å². The summed E-state index contributed by atoms with van der Waals surface area (Å²) in [6.45, 7) is 13.3. The minimum Gasteiger partial charge on any atom is -0.439 e. The van der Waals surface area contributed by atoms with Gasteiger partial charge in [0.1, 0.15) is 7.85 Å². The van der Waals surface area contributed by atoms with Gasteiger partial charge in [0.15, 0.2) is 11.6 Å². The monoisotopic (exact) mass is 402 g/mol. The van der Waals surface area contributed by atoms with E-state index in [-0.39, 0.29) is 5.60 Å². The Morgan fingerprint density at radius 2 is 1.89 bits per heavy atom. The van der Waals surface area contributed by atoms with Crippen molar-refractivity contribution in [1.82, 2.24) is 0 Å². The van der Waals surface area contributed by atoms with Crippen molar-refractivity contribution in [3.8, 4) is 5.75 Å². The minimum atomic E-state index is -0.716. The molecule has 5 nitrogen and oxygen atoms in total. The van der Waals surface area contributed by atoms with Crippen LogP contribution in [0.15, 0.2) is 48.9 Å². The quantitative estimate of drug-likeness (QED) is 0.369. The molecule has 2 radical (unpaired) electrons. The molecule has 1 aliphatic rings. The summed E-state index contributed by atoms with van der Waals surface area (Å²) in [5.41, 5.74) is 6.23. The van der Waals surface area contributed by atoms with E-state index in [2.05, 4.69) is 20.7 Å². The number of para-hydroxylation sites is 2. The Balaban J connectivity index is 2.00. The number of benzene rings is 1. The fourth-order valence-electron chi connectivity index (χ4n) is 2.72. The molecule has 1 aromatic rings. The highest BCUT2D eigenvalue weighted by atomic mass is 31.0. The van der Waals surface area contributed by atoms with Gasteiger partial charge in [0.2, 0.25) is 0 Å². The van der Waals surface area contributed by atoms with Crippen LogP contribution < -0.4 is 15.4 Å². The van der Waals surface area contributed by atoms with E-state index in [1.807, 2.05) is 51.1 Å². The van der Waals surface area contributed by atoms with Crippen LogP contribution in [-0.4, -0.2) is 44.0 Å². The van der Waals surface area contributed by atoms with Crippen molar-refractivity contribution in [2.24, 2.45) is 5.73 Å². The summed E-state index contributed by atoms with van der Waals surface area (Å²) in [6, 6.07) is 7.91. The van der Waals surface area contributed by atoms with Crippen LogP contribution in [0.1, 0.15) is 34.1 Å². The van der Waals surface area contributed by atoms with E-state index >= 15 is 0 Å². The Bertz CT molecular complexity index is 714. The van der Waals surface area contributed by atoms with Gasteiger partial charge < -0.3 is 24.8 Å². The topological polar surface area (TPSA) is 57.0 Å². The Morgan fingerprint density at radius 3 is 2.54 bits per heavy atom. The van der Waals surface area contributed by atoms with Gasteiger partial charge in [-0.05, 0) is 52.3 Å². The first-order valence-corrected chi connectivity index (χ1v) is 10.1. The normalized spacial score (nSPS) is 19.6. The number of anilines is 1. The largest absolute Gasteiger partial charge is 0.439 e. The highest BCUT2D eigenvalue weighted by Gasteiger charge is 2.29. The molecule has 0 saturated carbocycles. The van der Waals surface area contributed by atoms with Crippen LogP contribution in [-0.2, 0) is 9.47 Å². The number of hydrogen-bond acceptors (Lipinski definition) is 5. The predicted octanol–water partition coefficient (Wildman–Crippen LogP) is 3.55. The zero-order valence-corrected chi connectivity index (χ0v) is 18.6. The minimum absolute atomic E-state index is 0.330. The molecule has 0 spiro atoms. The van der Waals surface area contributed by atoms with Gasteiger partial charge in [-0.3, -0.25) is 0 Å². The van der Waals surface area contributed by atoms with Gasteiger partial charge in [-0.15, -0.1) is 15.8 Å². The highest BCUT2D eigenvalue weighted by Crippen LogP contribution is 2.39. The summed E-state index contributed by atoms with van der Waals surface area (Å²) in [5.74, 6) is 1.50. The number of nitrogens with two attached hydrogens (primary N) is 1. The molecule has 152 valence electrons. The molecule has 0 bridgehead atoms. The lowest BCUT2D eigenvalue weighted by Crippen LogP contribution is -2.36. The molecule has 7 heteroatoms. The first-order chi connectivity index (χ1) is 12.9. The van der Waals surface area contributed by atoms with E-state index in [4.69, 9.17) is 27.8 Å². The van der Waals surface area contributed by atoms with Crippen molar-refractivity contribution in [3.63, 3.8) is 0 Å². The van der Waals surface area contributed by atoms with E-state index in [0.29, 0.717) is 25.6 Å². The van der Waals surface area contributed by atoms with Crippen LogP contribution in [0.4, 0.5) is 5.69 Å². The molecule has 28 heavy (non-hydrogen) atoms. The second-order valence-corrected chi connectivity index (χ2v) is 9.31. The average molecular weight is 402 g/mol. The van der Waals surface area contributed by atoms with Crippen LogP contribution >= 0.6 is 9.24 Å². The average Bonchev–Trinajstić information content (AvgIpc) is 2.90. The van der Waals surface area contributed by atoms with E-state index in [0.717, 1.165) is 17.9 Å². The van der Waals surface area contributed by atoms with Crippen LogP contribution in [0.3, 0.4) is 0 Å². The number of ether oxygens (including phenoxy) is 3. The van der Waals surface area contributed by atoms with Gasteiger partial charge in [0, 0.05) is 18.4 Å². The molecule has 0 fully saturated rings. The van der Waals surface area contributed by atoms with Crippen molar-refractivity contribution in [1.29, 1.82) is 0 Å². The van der Waals surface area contributed by atoms with Gasteiger partial charge in [-0.25, -0.2) is 0 Å². The molecule has 0 aromatic heterocycles. The molecule has 0 saturated heterocycles. The fraction of sp³-hybridized carbons (Fsp3) is 0.524. The third-order valence-corrected chi connectivity index (χ3v) is 4.60. The molecule has 1 aromatic carbocycles. The molecule has 0 aliphatic carbocycles. The van der Waals surface area contributed by atoms with E-state index in [1.165, 1.54) is 0 Å². The van der Waals surface area contributed by atoms with E-state index in [9.17, 15) is 0 Å². The first kappa shape index (κ1) is 23.0. The number of rotatable bonds is 10. The van der Waals surface area contributed by atoms with E-state index in [1.54, 1.807) is 13.0 Å². The Labute approximate surface area is 172 Å². The van der Waals surface area contributed by atoms with Crippen LogP contribution in [0.25, 0.3) is 0 Å². The summed E-state index contributed by atoms with van der Waals surface area (Å²) < 4.78 is 17.7. The van der Waals surface area contributed by atoms with Crippen molar-refractivity contribution >= 4 is 22.8 Å². The molecule has 0 amide bonds. The van der Waals surface area contributed by atoms with Crippen molar-refractivity contribution in [2.45, 2.75) is 50.5 Å². The summed E-state index contributed by atoms with van der Waals surface area (Å²) in [7, 11) is 8.30. The Morgan fingerprint density at radius 1 is 1.21 bits per heavy atom. The second kappa shape index (κ2) is 9.00. The molecule has 3 unspecified atom stereocenters. The zero-order valence-electron chi connectivity index (χ0n) is 17.4. The molecule has 2 N–H and O–H groups in total. The smallest absolute Gasteiger partial charge is 0.198 e. The van der Waals surface area contributed by atoms with Crippen molar-refractivity contribution < 1.29 is 14.2 Å². The lowest BCUT2D eigenvalue weighted by Gasteiger charge is -2.29. The van der Waals surface area contributed by atoms with Gasteiger partial charge >= 0.3 is 0 Å². The molecule has 2 rings (SSSR count). The number of hydrogen-bond donors (Lipinski definition) is 1. The molecule has 1 aliphatic heterocycles. The van der Waals surface area contributed by atoms with Crippen LogP contribution in [0, 0.1) is 0 Å². The molecular weight excluding hydrogens is 370 g/mol. The van der Waals surface area contributed by atoms with Crippen molar-refractivity contribution in [3.05, 3.63) is 48.9 Å². The van der Waals surface area contributed by atoms with Crippen LogP contribution in [0.2, 0.25) is 0 Å². The third kappa shape index (κ3) is 6.93. The molecular formula is C21H32BN2O3P. The Hall–Kier alpha value is -1.33. The number of fused-ring (bicyclic) bond motifs is 1. The maximum Gasteiger partial charge on any atom is 0.198 e. The fourth-order valence-corrected chi connectivity index (χ4v) is 2.84. The Kier molecular flexibility index (Phi) is 7.38. The number of nitrogens with zero attached hydrogens (tertiary/aromatic N) is 1. The standard InChI is InChI=1S/C21H32BN2O3P/c1-6-20(4,23)15-18-24(16-9-7-8-10-17(16)27-18)12-14-25-19(2,3)11-13-26-21(5,22)28/h6-10,15H,1,11-14,23,28H2,2-5H3/b18-15-. The summed E-state index contributed by atoms with van der Waals surface area (Å²) in [6.07, 6.45) is 4.31. The van der Waals surface area contributed by atoms with Gasteiger partial charge in [0.05, 0.1) is 23.4 Å². The first-order valence-electron chi connectivity index (χ1n) is 9.48. The zero-order chi connectivity index (χ0) is 21.0.